The molecule has 7 heteroatoms. The Kier molecular flexibility index (Phi) is 4.51. The highest BCUT2D eigenvalue weighted by Gasteiger charge is 2.34. The highest BCUT2D eigenvalue weighted by Crippen LogP contribution is 2.22. The minimum Gasteiger partial charge on any atom is -0.378 e. The Morgan fingerprint density at radius 1 is 1.55 bits per heavy atom. The lowest BCUT2D eigenvalue weighted by Gasteiger charge is -2.23. The Hall–Kier alpha value is -1.73. The third-order valence-corrected chi connectivity index (χ3v) is 3.23. The first kappa shape index (κ1) is 14.7. The number of halogens is 2. The smallest absolute Gasteiger partial charge is 0.193 e. The van der Waals surface area contributed by atoms with Crippen molar-refractivity contribution in [1.82, 2.24) is 0 Å². The SMILES string of the molecule is COC1(CN=C(N)Nc2cc(F)ccc2F)CCOC1. The second-order valence-electron chi connectivity index (χ2n) is 4.64. The lowest BCUT2D eigenvalue weighted by Crippen LogP contribution is -2.37. The molecular weight excluding hydrogens is 268 g/mol. The molecule has 1 aliphatic heterocycles. The van der Waals surface area contributed by atoms with E-state index in [0.717, 1.165) is 18.2 Å². The number of aliphatic imine (C=N–C) groups is 1. The van der Waals surface area contributed by atoms with Crippen LogP contribution < -0.4 is 11.1 Å². The second kappa shape index (κ2) is 6.15. The fourth-order valence-electron chi connectivity index (χ4n) is 1.94. The van der Waals surface area contributed by atoms with E-state index in [-0.39, 0.29) is 11.6 Å². The molecule has 1 aromatic carbocycles. The molecule has 1 atom stereocenters. The lowest BCUT2D eigenvalue weighted by molar-refractivity contribution is -0.00900. The van der Waals surface area contributed by atoms with Crippen molar-refractivity contribution < 1.29 is 18.3 Å². The van der Waals surface area contributed by atoms with Crippen molar-refractivity contribution in [2.75, 3.05) is 32.2 Å². The van der Waals surface area contributed by atoms with Gasteiger partial charge in [0, 0.05) is 26.2 Å². The van der Waals surface area contributed by atoms with E-state index in [9.17, 15) is 8.78 Å². The first-order chi connectivity index (χ1) is 9.54. The lowest BCUT2D eigenvalue weighted by atomic mass is 10.0. The van der Waals surface area contributed by atoms with Gasteiger partial charge in [-0.3, -0.25) is 4.99 Å². The molecule has 1 aromatic rings. The van der Waals surface area contributed by atoms with E-state index in [0.29, 0.717) is 26.2 Å². The molecule has 110 valence electrons. The van der Waals surface area contributed by atoms with Crippen molar-refractivity contribution in [1.29, 1.82) is 0 Å². The molecule has 1 heterocycles. The molecule has 1 fully saturated rings. The Morgan fingerprint density at radius 2 is 2.35 bits per heavy atom. The molecule has 1 unspecified atom stereocenters. The van der Waals surface area contributed by atoms with Crippen LogP contribution in [-0.4, -0.2) is 38.4 Å². The average Bonchev–Trinajstić information content (AvgIpc) is 2.90. The van der Waals surface area contributed by atoms with Crippen LogP contribution in [0.2, 0.25) is 0 Å². The summed E-state index contributed by atoms with van der Waals surface area (Å²) in [7, 11) is 1.58. The zero-order chi connectivity index (χ0) is 14.6. The van der Waals surface area contributed by atoms with E-state index >= 15 is 0 Å². The number of guanidine groups is 1. The van der Waals surface area contributed by atoms with Crippen molar-refractivity contribution in [2.45, 2.75) is 12.0 Å². The molecular formula is C13H17F2N3O2. The Balaban J connectivity index is 2.02. The van der Waals surface area contributed by atoms with Gasteiger partial charge in [0.2, 0.25) is 0 Å². The topological polar surface area (TPSA) is 68.9 Å². The van der Waals surface area contributed by atoms with Crippen LogP contribution in [0.4, 0.5) is 14.5 Å². The Morgan fingerprint density at radius 3 is 3.00 bits per heavy atom. The maximum atomic E-state index is 13.4. The van der Waals surface area contributed by atoms with Crippen LogP contribution in [-0.2, 0) is 9.47 Å². The van der Waals surface area contributed by atoms with E-state index in [4.69, 9.17) is 15.2 Å². The molecule has 1 saturated heterocycles. The van der Waals surface area contributed by atoms with Crippen LogP contribution in [0.25, 0.3) is 0 Å². The standard InChI is InChI=1S/C13H17F2N3O2/c1-19-13(4-5-20-8-13)7-17-12(16)18-11-6-9(14)2-3-10(11)15/h2-3,6H,4-5,7-8H2,1H3,(H3,16,17,18). The van der Waals surface area contributed by atoms with Crippen molar-refractivity contribution in [3.05, 3.63) is 29.8 Å². The third-order valence-electron chi connectivity index (χ3n) is 3.23. The van der Waals surface area contributed by atoms with Crippen LogP contribution >= 0.6 is 0 Å². The molecule has 0 aliphatic carbocycles. The van der Waals surface area contributed by atoms with Gasteiger partial charge in [0.1, 0.15) is 17.2 Å². The number of nitrogens with one attached hydrogen (secondary N) is 1. The number of rotatable bonds is 4. The predicted molar refractivity (Wildman–Crippen MR) is 71.6 cm³/mol. The highest BCUT2D eigenvalue weighted by atomic mass is 19.1. The number of methoxy groups -OCH3 is 1. The Labute approximate surface area is 115 Å². The first-order valence-corrected chi connectivity index (χ1v) is 6.19. The van der Waals surface area contributed by atoms with Gasteiger partial charge in [-0.1, -0.05) is 0 Å². The number of nitrogens with two attached hydrogens (primary N) is 1. The van der Waals surface area contributed by atoms with Gasteiger partial charge in [-0.15, -0.1) is 0 Å². The number of benzene rings is 1. The minimum absolute atomic E-state index is 0.00201. The number of nitrogens with zero attached hydrogens (tertiary/aromatic N) is 1. The van der Waals surface area contributed by atoms with Gasteiger partial charge in [-0.25, -0.2) is 8.78 Å². The molecule has 0 bridgehead atoms. The summed E-state index contributed by atoms with van der Waals surface area (Å²) in [6.45, 7) is 1.34. The van der Waals surface area contributed by atoms with Crippen molar-refractivity contribution >= 4 is 11.6 Å². The summed E-state index contributed by atoms with van der Waals surface area (Å²) in [6, 6.07) is 3.07. The van der Waals surface area contributed by atoms with Crippen LogP contribution in [0, 0.1) is 11.6 Å². The van der Waals surface area contributed by atoms with Crippen LogP contribution in [0.5, 0.6) is 0 Å². The van der Waals surface area contributed by atoms with E-state index in [1.165, 1.54) is 0 Å². The number of ether oxygens (including phenoxy) is 2. The van der Waals surface area contributed by atoms with Gasteiger partial charge in [0.25, 0.3) is 0 Å². The fraction of sp³-hybridized carbons (Fsp3) is 0.462. The summed E-state index contributed by atoms with van der Waals surface area (Å²) in [4.78, 5) is 4.10. The van der Waals surface area contributed by atoms with Gasteiger partial charge >= 0.3 is 0 Å². The number of hydrogen-bond donors (Lipinski definition) is 2. The average molecular weight is 285 g/mol. The molecule has 0 aromatic heterocycles. The molecule has 20 heavy (non-hydrogen) atoms. The largest absolute Gasteiger partial charge is 0.378 e. The van der Waals surface area contributed by atoms with Crippen LogP contribution in [0.3, 0.4) is 0 Å². The molecule has 0 radical (unpaired) electrons. The van der Waals surface area contributed by atoms with E-state index in [1.54, 1.807) is 7.11 Å². The van der Waals surface area contributed by atoms with Gasteiger partial charge in [-0.2, -0.15) is 0 Å². The molecule has 5 nitrogen and oxygen atoms in total. The van der Waals surface area contributed by atoms with Crippen molar-refractivity contribution in [3.63, 3.8) is 0 Å². The minimum atomic E-state index is -0.602. The molecule has 2 rings (SSSR count). The summed E-state index contributed by atoms with van der Waals surface area (Å²) in [6.07, 6.45) is 0.717. The van der Waals surface area contributed by atoms with Crippen molar-refractivity contribution in [2.24, 2.45) is 10.7 Å². The highest BCUT2D eigenvalue weighted by molar-refractivity contribution is 5.92. The maximum absolute atomic E-state index is 13.4. The van der Waals surface area contributed by atoms with Crippen LogP contribution in [0.15, 0.2) is 23.2 Å². The van der Waals surface area contributed by atoms with E-state index in [1.807, 2.05) is 0 Å². The molecule has 1 aliphatic rings. The van der Waals surface area contributed by atoms with Gasteiger partial charge < -0.3 is 20.5 Å². The van der Waals surface area contributed by atoms with E-state index in [2.05, 4.69) is 10.3 Å². The normalized spacial score (nSPS) is 23.1. The van der Waals surface area contributed by atoms with E-state index < -0.39 is 17.2 Å². The molecule has 0 saturated carbocycles. The number of anilines is 1. The monoisotopic (exact) mass is 285 g/mol. The van der Waals surface area contributed by atoms with Gasteiger partial charge in [-0.05, 0) is 12.1 Å². The number of hydrogen-bond acceptors (Lipinski definition) is 3. The summed E-state index contributed by atoms with van der Waals surface area (Å²) in [5.74, 6) is -1.16. The Bertz CT molecular complexity index is 502. The fourth-order valence-corrected chi connectivity index (χ4v) is 1.94. The molecule has 3 N–H and O–H groups in total. The zero-order valence-corrected chi connectivity index (χ0v) is 11.2. The predicted octanol–water partition coefficient (Wildman–Crippen LogP) is 1.50. The molecule has 0 amide bonds. The van der Waals surface area contributed by atoms with Crippen molar-refractivity contribution in [3.8, 4) is 0 Å². The quantitative estimate of drug-likeness (QED) is 0.650. The van der Waals surface area contributed by atoms with Gasteiger partial charge in [0.05, 0.1) is 18.8 Å². The third kappa shape index (κ3) is 3.43. The van der Waals surface area contributed by atoms with Crippen LogP contribution in [0.1, 0.15) is 6.42 Å². The summed E-state index contributed by atoms with van der Waals surface area (Å²) < 4.78 is 37.1. The second-order valence-corrected chi connectivity index (χ2v) is 4.64. The summed E-state index contributed by atoms with van der Waals surface area (Å²) >= 11 is 0. The summed E-state index contributed by atoms with van der Waals surface area (Å²) in [5.41, 5.74) is 5.12. The molecule has 0 spiro atoms. The zero-order valence-electron chi connectivity index (χ0n) is 11.2. The maximum Gasteiger partial charge on any atom is 0.193 e. The summed E-state index contributed by atoms with van der Waals surface area (Å²) in [5, 5.41) is 2.53. The first-order valence-electron chi connectivity index (χ1n) is 6.19. The van der Waals surface area contributed by atoms with Gasteiger partial charge in [0.15, 0.2) is 5.96 Å².